The van der Waals surface area contributed by atoms with Gasteiger partial charge in [-0.05, 0) is 74.1 Å². The lowest BCUT2D eigenvalue weighted by Crippen LogP contribution is -2.64. The van der Waals surface area contributed by atoms with E-state index >= 15 is 0 Å². The van der Waals surface area contributed by atoms with Crippen LogP contribution in [-0.4, -0.2) is 235 Å². The zero-order valence-corrected chi connectivity index (χ0v) is 41.6. The van der Waals surface area contributed by atoms with Crippen molar-refractivity contribution in [2.45, 2.75) is 173 Å². The first-order valence-corrected chi connectivity index (χ1v) is 23.8. The molecule has 16 atom stereocenters. The van der Waals surface area contributed by atoms with Crippen LogP contribution in [0.2, 0.25) is 0 Å². The predicted octanol–water partition coefficient (Wildman–Crippen LogP) is -1.15. The van der Waals surface area contributed by atoms with E-state index in [1.165, 1.54) is 34.8 Å². The summed E-state index contributed by atoms with van der Waals surface area (Å²) >= 11 is 0. The van der Waals surface area contributed by atoms with Gasteiger partial charge in [0.05, 0.1) is 80.7 Å². The number of ether oxygens (including phenoxy) is 10. The number of rotatable bonds is 30. The van der Waals surface area contributed by atoms with Crippen LogP contribution in [0.4, 0.5) is 0 Å². The molecular weight excluding hydrogens is 918 g/mol. The van der Waals surface area contributed by atoms with Crippen LogP contribution in [0.25, 0.3) is 0 Å². The summed E-state index contributed by atoms with van der Waals surface area (Å²) in [6, 6.07) is 0. The van der Waals surface area contributed by atoms with Crippen molar-refractivity contribution < 1.29 is 110 Å². The van der Waals surface area contributed by atoms with Crippen molar-refractivity contribution in [3.05, 3.63) is 0 Å². The third-order valence-electron chi connectivity index (χ3n) is 12.7. The first-order valence-electron chi connectivity index (χ1n) is 23.8. The molecular formula is C46H85NO22. The van der Waals surface area contributed by atoms with Gasteiger partial charge < -0.3 is 93.1 Å². The monoisotopic (exact) mass is 1000 g/mol. The molecule has 23 nitrogen and oxygen atoms in total. The normalized spacial score (nSPS) is 30.2. The van der Waals surface area contributed by atoms with E-state index in [0.717, 1.165) is 6.42 Å². The predicted molar refractivity (Wildman–Crippen MR) is 243 cm³/mol. The molecule has 0 aliphatic carbocycles. The summed E-state index contributed by atoms with van der Waals surface area (Å²) in [6.45, 7) is 11.0. The third kappa shape index (κ3) is 17.8. The molecule has 3 saturated heterocycles. The third-order valence-corrected chi connectivity index (χ3v) is 12.7. The lowest BCUT2D eigenvalue weighted by Gasteiger charge is -2.46. The average molecular weight is 1000 g/mol. The van der Waals surface area contributed by atoms with Gasteiger partial charge in [0.2, 0.25) is 5.91 Å². The number of hydrogen-bond acceptors (Lipinski definition) is 22. The second-order valence-corrected chi connectivity index (χ2v) is 19.8. The van der Waals surface area contributed by atoms with Crippen molar-refractivity contribution in [3.63, 3.8) is 0 Å². The number of hydrogen-bond donors (Lipinski definition) is 8. The van der Waals surface area contributed by atoms with E-state index < -0.39 is 140 Å². The van der Waals surface area contributed by atoms with Gasteiger partial charge in [0.15, 0.2) is 6.29 Å². The van der Waals surface area contributed by atoms with Gasteiger partial charge in [0.25, 0.3) is 0 Å². The Bertz CT molecular complexity index is 1600. The van der Waals surface area contributed by atoms with E-state index in [9.17, 15) is 60.0 Å². The minimum Gasteiger partial charge on any atom is -0.463 e. The molecule has 0 aromatic carbocycles. The van der Waals surface area contributed by atoms with E-state index in [2.05, 4.69) is 0 Å². The SMILES string of the molecule is CCC(C)(CC(C)(CC(C)(C)C(=O)OCC(O)COC(C)COCC1OC(OC2C(COCC(C)O)OC(C)C(O)C2O)C(O)C(O)C1OC)C(=O)OCC(O)CO)C(=O)OCCN1CCCC1=O.[HH].[HH]. The molecule has 3 heterocycles. The highest BCUT2D eigenvalue weighted by atomic mass is 16.7. The Labute approximate surface area is 407 Å². The van der Waals surface area contributed by atoms with Crippen LogP contribution in [-0.2, 0) is 66.5 Å². The van der Waals surface area contributed by atoms with Crippen LogP contribution in [0, 0.1) is 16.2 Å². The summed E-state index contributed by atoms with van der Waals surface area (Å²) in [4.78, 5) is 54.5. The maximum absolute atomic E-state index is 13.7. The van der Waals surface area contributed by atoms with Crippen molar-refractivity contribution in [2.75, 3.05) is 79.7 Å². The lowest BCUT2D eigenvalue weighted by molar-refractivity contribution is -0.344. The van der Waals surface area contributed by atoms with E-state index in [1.807, 2.05) is 0 Å². The average Bonchev–Trinajstić information content (AvgIpc) is 3.71. The number of aliphatic hydroxyl groups excluding tert-OH is 8. The summed E-state index contributed by atoms with van der Waals surface area (Å²) in [5.41, 5.74) is -4.18. The Morgan fingerprint density at radius 1 is 0.768 bits per heavy atom. The molecule has 8 N–H and O–H groups in total. The van der Waals surface area contributed by atoms with Gasteiger partial charge in [0, 0.05) is 22.9 Å². The van der Waals surface area contributed by atoms with Gasteiger partial charge in [-0.2, -0.15) is 0 Å². The Morgan fingerprint density at radius 3 is 1.96 bits per heavy atom. The molecule has 3 fully saturated rings. The number of carbonyl (C=O) groups excluding carboxylic acids is 4. The number of amides is 1. The fourth-order valence-corrected chi connectivity index (χ4v) is 8.69. The van der Waals surface area contributed by atoms with Crippen LogP contribution in [0.1, 0.15) is 90.3 Å². The molecule has 0 spiro atoms. The zero-order chi connectivity index (χ0) is 51.9. The van der Waals surface area contributed by atoms with Gasteiger partial charge in [0.1, 0.15) is 80.9 Å². The molecule has 0 bridgehead atoms. The Morgan fingerprint density at radius 2 is 1.36 bits per heavy atom. The minimum absolute atomic E-state index is 0. The summed E-state index contributed by atoms with van der Waals surface area (Å²) < 4.78 is 56.6. The molecule has 3 aliphatic heterocycles. The lowest BCUT2D eigenvalue weighted by atomic mass is 9.65. The van der Waals surface area contributed by atoms with Crippen molar-refractivity contribution in [1.82, 2.24) is 4.90 Å². The fraction of sp³-hybridized carbons (Fsp3) is 0.913. The maximum atomic E-state index is 13.7. The molecule has 0 radical (unpaired) electrons. The molecule has 1 amide bonds. The molecule has 16 unspecified atom stereocenters. The van der Waals surface area contributed by atoms with Gasteiger partial charge in [-0.15, -0.1) is 0 Å². The Balaban J connectivity index is 0.0000126. The van der Waals surface area contributed by atoms with Crippen molar-refractivity contribution in [1.29, 1.82) is 0 Å². The van der Waals surface area contributed by atoms with Crippen molar-refractivity contribution >= 4 is 23.8 Å². The molecule has 0 saturated carbocycles. The van der Waals surface area contributed by atoms with Crippen molar-refractivity contribution in [3.8, 4) is 0 Å². The minimum atomic E-state index is -1.66. The second-order valence-electron chi connectivity index (χ2n) is 19.8. The van der Waals surface area contributed by atoms with Crippen LogP contribution in [0.15, 0.2) is 0 Å². The highest BCUT2D eigenvalue weighted by molar-refractivity contribution is 5.83. The van der Waals surface area contributed by atoms with Crippen LogP contribution < -0.4 is 0 Å². The summed E-state index contributed by atoms with van der Waals surface area (Å²) in [5.74, 6) is -2.24. The topological polar surface area (TPSA) is 326 Å². The van der Waals surface area contributed by atoms with E-state index in [-0.39, 0.29) is 74.2 Å². The van der Waals surface area contributed by atoms with Gasteiger partial charge in [-0.3, -0.25) is 19.2 Å². The van der Waals surface area contributed by atoms with Gasteiger partial charge in [-0.1, -0.05) is 6.92 Å². The van der Waals surface area contributed by atoms with E-state index in [0.29, 0.717) is 13.0 Å². The van der Waals surface area contributed by atoms with Gasteiger partial charge >= 0.3 is 17.9 Å². The first kappa shape index (κ1) is 60.6. The molecule has 406 valence electrons. The maximum Gasteiger partial charge on any atom is 0.311 e. The number of methoxy groups -OCH3 is 1. The number of aliphatic hydroxyl groups is 8. The highest BCUT2D eigenvalue weighted by Crippen LogP contribution is 2.46. The smallest absolute Gasteiger partial charge is 0.311 e. The summed E-state index contributed by atoms with van der Waals surface area (Å²) in [7, 11) is 1.30. The molecule has 3 rings (SSSR count). The van der Waals surface area contributed by atoms with Crippen LogP contribution in [0.3, 0.4) is 0 Å². The van der Waals surface area contributed by atoms with E-state index in [1.54, 1.807) is 32.6 Å². The quantitative estimate of drug-likeness (QED) is 0.0311. The number of likely N-dealkylation sites (tertiary alicyclic amines) is 1. The number of esters is 3. The highest BCUT2D eigenvalue weighted by Gasteiger charge is 2.52. The largest absolute Gasteiger partial charge is 0.463 e. The van der Waals surface area contributed by atoms with Crippen LogP contribution >= 0.6 is 0 Å². The summed E-state index contributed by atoms with van der Waals surface area (Å²) in [6.07, 6.45) is -15.8. The zero-order valence-electron chi connectivity index (χ0n) is 41.6. The molecule has 23 heteroatoms. The number of nitrogens with zero attached hydrogens (tertiary/aromatic N) is 1. The molecule has 3 aliphatic rings. The number of carbonyl (C=O) groups is 4. The first-order chi connectivity index (χ1) is 32.3. The van der Waals surface area contributed by atoms with Gasteiger partial charge in [-0.25, -0.2) is 0 Å². The Hall–Kier alpha value is -2.72. The van der Waals surface area contributed by atoms with Crippen LogP contribution in [0.5, 0.6) is 0 Å². The molecule has 0 aromatic heterocycles. The van der Waals surface area contributed by atoms with E-state index in [4.69, 9.17) is 47.4 Å². The summed E-state index contributed by atoms with van der Waals surface area (Å²) in [5, 5.41) is 82.9. The Kier molecular flexibility index (Phi) is 24.5. The molecule has 69 heavy (non-hydrogen) atoms. The fourth-order valence-electron chi connectivity index (χ4n) is 8.69. The van der Waals surface area contributed by atoms with Crippen molar-refractivity contribution in [2.24, 2.45) is 16.2 Å². The molecule has 0 aromatic rings. The second kappa shape index (κ2) is 27.9. The standard InChI is InChI=1S/C46H81NO22.2H2/c1-10-45(7,42(58)63-15-14-47-13-11-12-33(47)52)25-46(8,43(59)66-19-29(50)16-48)24-44(5,6)41(57)65-21-30(51)20-64-27(3)18-62-22-31-38(60-9)36(55)37(56)40(68-31)69-39-32(23-61-17-26(2)49)67-28(4)34(53)35(39)54;;/h26-32,34-40,48-51,53-56H,10-25H2,1-9H3;2*1H.